The summed E-state index contributed by atoms with van der Waals surface area (Å²) in [6.45, 7) is 3.93. The van der Waals surface area contributed by atoms with Crippen LogP contribution in [0.1, 0.15) is 22.8 Å². The van der Waals surface area contributed by atoms with Gasteiger partial charge in [-0.15, -0.1) is 0 Å². The molecule has 6 nitrogen and oxygen atoms in total. The Balaban J connectivity index is 1.58. The average Bonchev–Trinajstić information content (AvgIpc) is 2.73. The monoisotopic (exact) mass is 422 g/mol. The van der Waals surface area contributed by atoms with Crippen molar-refractivity contribution in [1.29, 1.82) is 0 Å². The second-order valence-electron chi connectivity index (χ2n) is 7.23. The number of nitrogens with one attached hydrogen (secondary N) is 1. The predicted octanol–water partition coefficient (Wildman–Crippen LogP) is 4.22. The Labute approximate surface area is 176 Å². The number of hydrogen-bond acceptors (Lipinski definition) is 4. The van der Waals surface area contributed by atoms with Gasteiger partial charge in [-0.1, -0.05) is 30.3 Å². The van der Waals surface area contributed by atoms with Gasteiger partial charge in [0.1, 0.15) is 11.9 Å². The average molecular weight is 423 g/mol. The van der Waals surface area contributed by atoms with Crippen molar-refractivity contribution in [1.82, 2.24) is 0 Å². The predicted molar refractivity (Wildman–Crippen MR) is 117 cm³/mol. The summed E-state index contributed by atoms with van der Waals surface area (Å²) >= 11 is 0. The van der Waals surface area contributed by atoms with Gasteiger partial charge in [0.25, 0.3) is 15.9 Å². The molecule has 3 aromatic carbocycles. The van der Waals surface area contributed by atoms with Gasteiger partial charge >= 0.3 is 0 Å². The Bertz CT molecular complexity index is 1190. The third kappa shape index (κ3) is 3.76. The van der Waals surface area contributed by atoms with Crippen molar-refractivity contribution >= 4 is 27.3 Å². The topological polar surface area (TPSA) is 75.7 Å². The number of aryl methyl sites for hydroxylation is 1. The van der Waals surface area contributed by atoms with E-state index < -0.39 is 10.0 Å². The molecular formula is C23H22N2O4S. The molecule has 1 atom stereocenters. The summed E-state index contributed by atoms with van der Waals surface area (Å²) in [5.41, 5.74) is 2.49. The molecular weight excluding hydrogens is 400 g/mol. The first-order chi connectivity index (χ1) is 14.4. The second-order valence-corrected chi connectivity index (χ2v) is 9.09. The third-order valence-electron chi connectivity index (χ3n) is 4.97. The van der Waals surface area contributed by atoms with E-state index in [0.717, 1.165) is 5.56 Å². The molecule has 4 rings (SSSR count). The third-order valence-corrected chi connectivity index (χ3v) is 6.77. The van der Waals surface area contributed by atoms with Crippen molar-refractivity contribution in [3.8, 4) is 5.75 Å². The molecule has 1 heterocycles. The maximum absolute atomic E-state index is 13.3. The minimum atomic E-state index is -3.77. The standard InChI is InChI=1S/C23H22N2O4S/c1-16-7-3-4-8-20(16)23(26)24-18-11-13-19(14-12-18)30(27,28)25-15-17(2)29-22-10-6-5-9-21(22)25/h3-14,17H,15H2,1-2H3,(H,24,26). The van der Waals surface area contributed by atoms with Gasteiger partial charge in [0, 0.05) is 11.3 Å². The zero-order valence-corrected chi connectivity index (χ0v) is 17.5. The number of carbonyl (C=O) groups is 1. The van der Waals surface area contributed by atoms with E-state index in [1.165, 1.54) is 16.4 Å². The van der Waals surface area contributed by atoms with Gasteiger partial charge in [-0.2, -0.15) is 0 Å². The van der Waals surface area contributed by atoms with Crippen LogP contribution in [-0.2, 0) is 10.0 Å². The SMILES string of the molecule is Cc1ccccc1C(=O)Nc1ccc(S(=O)(=O)N2CC(C)Oc3ccccc32)cc1. The lowest BCUT2D eigenvalue weighted by Gasteiger charge is -2.34. The molecule has 0 saturated carbocycles. The van der Waals surface area contributed by atoms with Crippen molar-refractivity contribution in [2.75, 3.05) is 16.2 Å². The zero-order chi connectivity index (χ0) is 21.3. The molecule has 0 aliphatic carbocycles. The van der Waals surface area contributed by atoms with Crippen LogP contribution in [0.2, 0.25) is 0 Å². The largest absolute Gasteiger partial charge is 0.487 e. The highest BCUT2D eigenvalue weighted by Crippen LogP contribution is 2.36. The number of carbonyl (C=O) groups excluding carboxylic acids is 1. The van der Waals surface area contributed by atoms with Crippen molar-refractivity contribution in [3.63, 3.8) is 0 Å². The summed E-state index contributed by atoms with van der Waals surface area (Å²) in [5, 5.41) is 2.81. The molecule has 0 saturated heterocycles. The Kier molecular flexibility index (Phi) is 5.22. The maximum Gasteiger partial charge on any atom is 0.264 e. The summed E-state index contributed by atoms with van der Waals surface area (Å²) < 4.78 is 33.7. The van der Waals surface area contributed by atoms with Gasteiger partial charge < -0.3 is 10.1 Å². The molecule has 0 radical (unpaired) electrons. The molecule has 30 heavy (non-hydrogen) atoms. The fourth-order valence-electron chi connectivity index (χ4n) is 3.44. The minimum absolute atomic E-state index is 0.153. The van der Waals surface area contributed by atoms with Crippen molar-refractivity contribution in [2.24, 2.45) is 0 Å². The zero-order valence-electron chi connectivity index (χ0n) is 16.7. The Morgan fingerprint density at radius 3 is 2.40 bits per heavy atom. The fourth-order valence-corrected chi connectivity index (χ4v) is 4.99. The summed E-state index contributed by atoms with van der Waals surface area (Å²) in [6, 6.07) is 20.6. The molecule has 3 aromatic rings. The molecule has 0 aromatic heterocycles. The van der Waals surface area contributed by atoms with Crippen LogP contribution in [-0.4, -0.2) is 27.0 Å². The van der Waals surface area contributed by atoms with E-state index in [1.54, 1.807) is 42.5 Å². The van der Waals surface area contributed by atoms with Crippen LogP contribution in [0.25, 0.3) is 0 Å². The lowest BCUT2D eigenvalue weighted by Crippen LogP contribution is -2.42. The minimum Gasteiger partial charge on any atom is -0.487 e. The number of sulfonamides is 1. The molecule has 1 aliphatic heterocycles. The highest BCUT2D eigenvalue weighted by Gasteiger charge is 2.32. The maximum atomic E-state index is 13.3. The first kappa shape index (κ1) is 20.0. The van der Waals surface area contributed by atoms with E-state index in [1.807, 2.05) is 32.0 Å². The normalized spacial score (nSPS) is 15.8. The van der Waals surface area contributed by atoms with Crippen LogP contribution >= 0.6 is 0 Å². The van der Waals surface area contributed by atoms with Gasteiger partial charge in [-0.25, -0.2) is 8.42 Å². The number of hydrogen-bond donors (Lipinski definition) is 1. The van der Waals surface area contributed by atoms with Crippen LogP contribution < -0.4 is 14.4 Å². The van der Waals surface area contributed by atoms with Crippen LogP contribution in [0.15, 0.2) is 77.7 Å². The molecule has 1 amide bonds. The van der Waals surface area contributed by atoms with Crippen LogP contribution in [0.4, 0.5) is 11.4 Å². The number of anilines is 2. The number of para-hydroxylation sites is 2. The Morgan fingerprint density at radius 1 is 1.00 bits per heavy atom. The number of fused-ring (bicyclic) bond motifs is 1. The fraction of sp³-hybridized carbons (Fsp3) is 0.174. The van der Waals surface area contributed by atoms with Crippen molar-refractivity contribution < 1.29 is 17.9 Å². The van der Waals surface area contributed by atoms with E-state index in [2.05, 4.69) is 5.32 Å². The quantitative estimate of drug-likeness (QED) is 0.683. The molecule has 1 unspecified atom stereocenters. The van der Waals surface area contributed by atoms with Gasteiger partial charge in [-0.05, 0) is 61.9 Å². The summed E-state index contributed by atoms with van der Waals surface area (Å²) in [5.74, 6) is 0.307. The number of benzene rings is 3. The van der Waals surface area contributed by atoms with Crippen molar-refractivity contribution in [3.05, 3.63) is 83.9 Å². The van der Waals surface area contributed by atoms with Gasteiger partial charge in [0.2, 0.25) is 0 Å². The van der Waals surface area contributed by atoms with Gasteiger partial charge in [-0.3, -0.25) is 9.10 Å². The van der Waals surface area contributed by atoms with E-state index >= 15 is 0 Å². The van der Waals surface area contributed by atoms with E-state index in [9.17, 15) is 13.2 Å². The van der Waals surface area contributed by atoms with E-state index in [0.29, 0.717) is 22.7 Å². The van der Waals surface area contributed by atoms with Crippen molar-refractivity contribution in [2.45, 2.75) is 24.8 Å². The molecule has 1 aliphatic rings. The molecule has 7 heteroatoms. The summed E-state index contributed by atoms with van der Waals surface area (Å²) in [4.78, 5) is 12.6. The Hall–Kier alpha value is -3.32. The highest BCUT2D eigenvalue weighted by molar-refractivity contribution is 7.92. The van der Waals surface area contributed by atoms with Gasteiger partial charge in [0.15, 0.2) is 0 Å². The van der Waals surface area contributed by atoms with E-state index in [4.69, 9.17) is 4.74 Å². The summed E-state index contributed by atoms with van der Waals surface area (Å²) in [6.07, 6.45) is -0.262. The molecule has 0 bridgehead atoms. The van der Waals surface area contributed by atoms with Crippen LogP contribution in [0.5, 0.6) is 5.75 Å². The number of rotatable bonds is 4. The highest BCUT2D eigenvalue weighted by atomic mass is 32.2. The first-order valence-corrected chi connectivity index (χ1v) is 11.1. The Morgan fingerprint density at radius 2 is 1.67 bits per heavy atom. The lowest BCUT2D eigenvalue weighted by molar-refractivity contribution is 0.102. The molecule has 154 valence electrons. The first-order valence-electron chi connectivity index (χ1n) is 9.62. The smallest absolute Gasteiger partial charge is 0.264 e. The number of ether oxygens (including phenoxy) is 1. The molecule has 0 fully saturated rings. The van der Waals surface area contributed by atoms with E-state index in [-0.39, 0.29) is 23.5 Å². The summed E-state index contributed by atoms with van der Waals surface area (Å²) in [7, 11) is -3.77. The number of amides is 1. The lowest BCUT2D eigenvalue weighted by atomic mass is 10.1. The molecule has 1 N–H and O–H groups in total. The second kappa shape index (κ2) is 7.84. The number of nitrogens with zero attached hydrogens (tertiary/aromatic N) is 1. The van der Waals surface area contributed by atoms with Crippen LogP contribution in [0.3, 0.4) is 0 Å². The molecule has 0 spiro atoms. The van der Waals surface area contributed by atoms with Crippen LogP contribution in [0, 0.1) is 6.92 Å². The van der Waals surface area contributed by atoms with Gasteiger partial charge in [0.05, 0.1) is 17.1 Å².